The number of nitriles is 1. The summed E-state index contributed by atoms with van der Waals surface area (Å²) in [5, 5.41) is 8.88. The van der Waals surface area contributed by atoms with Gasteiger partial charge in [0.25, 0.3) is 0 Å². The van der Waals surface area contributed by atoms with E-state index in [2.05, 4.69) is 6.07 Å². The highest BCUT2D eigenvalue weighted by molar-refractivity contribution is 5.94. The number of amides is 1. The average Bonchev–Trinajstić information content (AvgIpc) is 2.46. The number of carbonyl (C=O) groups excluding carboxylic acids is 1. The smallest absolute Gasteiger partial charge is 0.229 e. The van der Waals surface area contributed by atoms with E-state index in [0.29, 0.717) is 5.56 Å². The molecule has 0 heterocycles. The van der Waals surface area contributed by atoms with Gasteiger partial charge in [0.2, 0.25) is 5.91 Å². The third-order valence-electron chi connectivity index (χ3n) is 3.65. The van der Waals surface area contributed by atoms with Gasteiger partial charge in [0.05, 0.1) is 11.6 Å². The van der Waals surface area contributed by atoms with E-state index < -0.39 is 0 Å². The van der Waals surface area contributed by atoms with Crippen molar-refractivity contribution in [1.29, 1.82) is 5.26 Å². The van der Waals surface area contributed by atoms with Crippen LogP contribution in [0.5, 0.6) is 0 Å². The molecular weight excluding hydrogens is 224 g/mol. The lowest BCUT2D eigenvalue weighted by atomic mass is 9.88. The van der Waals surface area contributed by atoms with Crippen molar-refractivity contribution >= 4 is 11.6 Å². The molecule has 0 aliphatic heterocycles. The van der Waals surface area contributed by atoms with E-state index >= 15 is 0 Å². The Bertz CT molecular complexity index is 470. The molecule has 0 unspecified atom stereocenters. The Morgan fingerprint density at radius 3 is 2.72 bits per heavy atom. The lowest BCUT2D eigenvalue weighted by Gasteiger charge is -2.26. The van der Waals surface area contributed by atoms with Gasteiger partial charge in [0.15, 0.2) is 0 Å². The van der Waals surface area contributed by atoms with Crippen molar-refractivity contribution in [2.45, 2.75) is 32.1 Å². The molecule has 1 aromatic rings. The second-order valence-corrected chi connectivity index (χ2v) is 4.89. The molecule has 0 saturated heterocycles. The van der Waals surface area contributed by atoms with E-state index in [1.807, 2.05) is 12.1 Å². The molecule has 0 spiro atoms. The summed E-state index contributed by atoms with van der Waals surface area (Å²) in [5.41, 5.74) is 1.40. The van der Waals surface area contributed by atoms with Crippen LogP contribution in [0.25, 0.3) is 0 Å². The van der Waals surface area contributed by atoms with Crippen LogP contribution >= 0.6 is 0 Å². The number of nitrogens with zero attached hydrogens (tertiary/aromatic N) is 2. The molecule has 1 aliphatic rings. The zero-order valence-electron chi connectivity index (χ0n) is 10.7. The maximum absolute atomic E-state index is 12.3. The standard InChI is InChI=1S/C15H18N2O/c1-17(14-9-5-6-12(10-14)11-16)15(18)13-7-3-2-4-8-13/h5-6,9-10,13H,2-4,7-8H2,1H3. The second kappa shape index (κ2) is 5.68. The summed E-state index contributed by atoms with van der Waals surface area (Å²) in [7, 11) is 1.80. The van der Waals surface area contributed by atoms with Gasteiger partial charge in [-0.05, 0) is 31.0 Å². The van der Waals surface area contributed by atoms with Gasteiger partial charge in [-0.25, -0.2) is 0 Å². The highest BCUT2D eigenvalue weighted by Crippen LogP contribution is 2.27. The van der Waals surface area contributed by atoms with Crippen LogP contribution in [0, 0.1) is 17.2 Å². The van der Waals surface area contributed by atoms with Crippen LogP contribution in [0.1, 0.15) is 37.7 Å². The maximum atomic E-state index is 12.3. The second-order valence-electron chi connectivity index (χ2n) is 4.89. The first-order chi connectivity index (χ1) is 8.72. The highest BCUT2D eigenvalue weighted by Gasteiger charge is 2.24. The Morgan fingerprint density at radius 2 is 2.06 bits per heavy atom. The fourth-order valence-corrected chi connectivity index (χ4v) is 2.53. The molecule has 0 bridgehead atoms. The largest absolute Gasteiger partial charge is 0.315 e. The third-order valence-corrected chi connectivity index (χ3v) is 3.65. The minimum atomic E-state index is 0.162. The van der Waals surface area contributed by atoms with Crippen LogP contribution in [0.2, 0.25) is 0 Å². The number of benzene rings is 1. The van der Waals surface area contributed by atoms with Gasteiger partial charge in [-0.2, -0.15) is 5.26 Å². The van der Waals surface area contributed by atoms with E-state index in [-0.39, 0.29) is 11.8 Å². The van der Waals surface area contributed by atoms with Crippen molar-refractivity contribution < 1.29 is 4.79 Å². The molecule has 0 radical (unpaired) electrons. The van der Waals surface area contributed by atoms with Gasteiger partial charge >= 0.3 is 0 Å². The topological polar surface area (TPSA) is 44.1 Å². The molecule has 2 rings (SSSR count). The van der Waals surface area contributed by atoms with E-state index in [4.69, 9.17) is 5.26 Å². The van der Waals surface area contributed by atoms with Crippen molar-refractivity contribution in [3.05, 3.63) is 29.8 Å². The molecule has 3 nitrogen and oxygen atoms in total. The summed E-state index contributed by atoms with van der Waals surface area (Å²) in [6.07, 6.45) is 5.56. The van der Waals surface area contributed by atoms with Crippen LogP contribution in [-0.2, 0) is 4.79 Å². The van der Waals surface area contributed by atoms with Crippen molar-refractivity contribution in [3.8, 4) is 6.07 Å². The van der Waals surface area contributed by atoms with Crippen molar-refractivity contribution in [1.82, 2.24) is 0 Å². The highest BCUT2D eigenvalue weighted by atomic mass is 16.2. The van der Waals surface area contributed by atoms with Crippen LogP contribution in [-0.4, -0.2) is 13.0 Å². The van der Waals surface area contributed by atoms with Crippen LogP contribution in [0.4, 0.5) is 5.69 Å². The monoisotopic (exact) mass is 242 g/mol. The SMILES string of the molecule is CN(C(=O)C1CCCCC1)c1cccc(C#N)c1. The predicted molar refractivity (Wildman–Crippen MR) is 71.1 cm³/mol. The fraction of sp³-hybridized carbons (Fsp3) is 0.467. The quantitative estimate of drug-likeness (QED) is 0.799. The molecular formula is C15H18N2O. The molecule has 94 valence electrons. The maximum Gasteiger partial charge on any atom is 0.229 e. The summed E-state index contributed by atoms with van der Waals surface area (Å²) in [5.74, 6) is 0.347. The molecule has 1 aliphatic carbocycles. The van der Waals surface area contributed by atoms with Gasteiger partial charge in [-0.3, -0.25) is 4.79 Å². The van der Waals surface area contributed by atoms with Gasteiger partial charge in [-0.15, -0.1) is 0 Å². The summed E-state index contributed by atoms with van der Waals surface area (Å²) < 4.78 is 0. The van der Waals surface area contributed by atoms with Crippen molar-refractivity contribution in [2.75, 3.05) is 11.9 Å². The molecule has 1 fully saturated rings. The van der Waals surface area contributed by atoms with E-state index in [1.165, 1.54) is 6.42 Å². The number of hydrogen-bond acceptors (Lipinski definition) is 2. The lowest BCUT2D eigenvalue weighted by Crippen LogP contribution is -2.33. The Morgan fingerprint density at radius 1 is 1.33 bits per heavy atom. The number of hydrogen-bond donors (Lipinski definition) is 0. The first-order valence-electron chi connectivity index (χ1n) is 6.50. The Kier molecular flexibility index (Phi) is 3.99. The molecule has 1 amide bonds. The van der Waals surface area contributed by atoms with Gasteiger partial charge in [0, 0.05) is 18.7 Å². The van der Waals surface area contributed by atoms with Crippen LogP contribution < -0.4 is 4.90 Å². The lowest BCUT2D eigenvalue weighted by molar-refractivity contribution is -0.123. The normalized spacial score (nSPS) is 16.0. The molecule has 3 heteroatoms. The average molecular weight is 242 g/mol. The van der Waals surface area contributed by atoms with Gasteiger partial charge < -0.3 is 4.90 Å². The zero-order valence-corrected chi connectivity index (χ0v) is 10.7. The Hall–Kier alpha value is -1.82. The van der Waals surface area contributed by atoms with Crippen LogP contribution in [0.3, 0.4) is 0 Å². The first-order valence-corrected chi connectivity index (χ1v) is 6.50. The number of rotatable bonds is 2. The predicted octanol–water partition coefficient (Wildman–Crippen LogP) is 3.10. The fourth-order valence-electron chi connectivity index (χ4n) is 2.53. The number of carbonyl (C=O) groups is 1. The van der Waals surface area contributed by atoms with E-state index in [9.17, 15) is 4.79 Å². The van der Waals surface area contributed by atoms with Gasteiger partial charge in [-0.1, -0.05) is 25.3 Å². The van der Waals surface area contributed by atoms with E-state index in [1.54, 1.807) is 24.1 Å². The van der Waals surface area contributed by atoms with Crippen molar-refractivity contribution in [3.63, 3.8) is 0 Å². The first kappa shape index (κ1) is 12.6. The van der Waals surface area contributed by atoms with Crippen molar-refractivity contribution in [2.24, 2.45) is 5.92 Å². The molecule has 1 aromatic carbocycles. The number of anilines is 1. The van der Waals surface area contributed by atoms with Gasteiger partial charge in [0.1, 0.15) is 0 Å². The molecule has 1 saturated carbocycles. The summed E-state index contributed by atoms with van der Waals surface area (Å²) >= 11 is 0. The molecule has 18 heavy (non-hydrogen) atoms. The summed E-state index contributed by atoms with van der Waals surface area (Å²) in [4.78, 5) is 14.0. The molecule has 0 aromatic heterocycles. The Balaban J connectivity index is 2.12. The molecule has 0 atom stereocenters. The third kappa shape index (κ3) is 2.70. The minimum absolute atomic E-state index is 0.162. The Labute approximate surface area is 108 Å². The molecule has 0 N–H and O–H groups in total. The summed E-state index contributed by atoms with van der Waals surface area (Å²) in [6, 6.07) is 9.31. The van der Waals surface area contributed by atoms with E-state index in [0.717, 1.165) is 31.4 Å². The van der Waals surface area contributed by atoms with Crippen LogP contribution in [0.15, 0.2) is 24.3 Å². The zero-order chi connectivity index (χ0) is 13.0. The summed E-state index contributed by atoms with van der Waals surface area (Å²) in [6.45, 7) is 0. The minimum Gasteiger partial charge on any atom is -0.315 e.